The number of aromatic nitrogens is 3. The topological polar surface area (TPSA) is 92.9 Å². The zero-order valence-electron chi connectivity index (χ0n) is 12.7. The smallest absolute Gasteiger partial charge is 0.319 e. The largest absolute Gasteiger partial charge is 0.359 e. The molecule has 1 fully saturated rings. The fraction of sp³-hybridized carbons (Fsp3) is 0.467. The number of anilines is 1. The molecule has 1 saturated carbocycles. The molecule has 22 heavy (non-hydrogen) atoms. The third-order valence-electron chi connectivity index (χ3n) is 3.58. The summed E-state index contributed by atoms with van der Waals surface area (Å²) in [6.45, 7) is 4.21. The molecule has 0 atom stereocenters. The number of aryl methyl sites for hydroxylation is 2. The van der Waals surface area contributed by atoms with E-state index in [1.807, 2.05) is 13.8 Å². The molecular formula is C15H19N5O2. The lowest BCUT2D eigenvalue weighted by molar-refractivity contribution is 0.252. The van der Waals surface area contributed by atoms with E-state index in [1.54, 1.807) is 12.4 Å². The summed E-state index contributed by atoms with van der Waals surface area (Å²) in [7, 11) is 0. The van der Waals surface area contributed by atoms with Gasteiger partial charge in [-0.25, -0.2) is 4.79 Å². The van der Waals surface area contributed by atoms with E-state index in [4.69, 9.17) is 4.52 Å². The first kappa shape index (κ1) is 14.5. The normalized spacial score (nSPS) is 13.9. The van der Waals surface area contributed by atoms with Gasteiger partial charge in [0.05, 0.1) is 11.4 Å². The van der Waals surface area contributed by atoms with E-state index in [9.17, 15) is 4.79 Å². The van der Waals surface area contributed by atoms with Gasteiger partial charge in [0.2, 0.25) is 0 Å². The quantitative estimate of drug-likeness (QED) is 0.884. The van der Waals surface area contributed by atoms with Crippen LogP contribution in [0.25, 0.3) is 0 Å². The molecule has 3 rings (SSSR count). The van der Waals surface area contributed by atoms with Gasteiger partial charge in [0, 0.05) is 31.3 Å². The molecule has 1 aliphatic carbocycles. The number of amides is 2. The van der Waals surface area contributed by atoms with E-state index < -0.39 is 0 Å². The number of hydrogen-bond donors (Lipinski definition) is 2. The number of carbonyl (C=O) groups is 1. The van der Waals surface area contributed by atoms with Crippen molar-refractivity contribution < 1.29 is 9.32 Å². The van der Waals surface area contributed by atoms with Crippen LogP contribution in [0, 0.1) is 13.8 Å². The van der Waals surface area contributed by atoms with Crippen LogP contribution in [0.4, 0.5) is 10.5 Å². The van der Waals surface area contributed by atoms with Crippen LogP contribution >= 0.6 is 0 Å². The molecule has 0 bridgehead atoms. The van der Waals surface area contributed by atoms with E-state index in [0.717, 1.165) is 30.0 Å². The molecule has 116 valence electrons. The second-order valence-electron chi connectivity index (χ2n) is 5.56. The highest BCUT2D eigenvalue weighted by Crippen LogP contribution is 2.44. The maximum atomic E-state index is 12.0. The average molecular weight is 301 g/mol. The number of rotatable bonds is 5. The average Bonchev–Trinajstić information content (AvgIpc) is 3.27. The van der Waals surface area contributed by atoms with Crippen LogP contribution in [-0.4, -0.2) is 27.7 Å². The van der Waals surface area contributed by atoms with Crippen LogP contribution in [0.3, 0.4) is 0 Å². The molecule has 0 aromatic carbocycles. The number of carbonyl (C=O) groups excluding carboxylic acids is 1. The lowest BCUT2D eigenvalue weighted by Gasteiger charge is -2.07. The molecular weight excluding hydrogens is 282 g/mol. The SMILES string of the molecule is Cc1cnc(CCNC(=O)Nc2c(C)noc2C2CC2)cn1. The van der Waals surface area contributed by atoms with Crippen molar-refractivity contribution in [1.82, 2.24) is 20.4 Å². The summed E-state index contributed by atoms with van der Waals surface area (Å²) in [5.74, 6) is 1.19. The third kappa shape index (κ3) is 3.41. The van der Waals surface area contributed by atoms with Gasteiger partial charge in [-0.05, 0) is 26.7 Å². The predicted molar refractivity (Wildman–Crippen MR) is 80.7 cm³/mol. The Morgan fingerprint density at radius 1 is 1.32 bits per heavy atom. The molecule has 1 aliphatic rings. The molecule has 0 spiro atoms. The Kier molecular flexibility index (Phi) is 4.04. The zero-order chi connectivity index (χ0) is 15.5. The van der Waals surface area contributed by atoms with Crippen LogP contribution in [0.15, 0.2) is 16.9 Å². The molecule has 7 nitrogen and oxygen atoms in total. The molecule has 2 N–H and O–H groups in total. The molecule has 7 heteroatoms. The van der Waals surface area contributed by atoms with Crippen molar-refractivity contribution in [3.63, 3.8) is 0 Å². The van der Waals surface area contributed by atoms with Gasteiger partial charge in [-0.15, -0.1) is 0 Å². The number of hydrogen-bond acceptors (Lipinski definition) is 5. The molecule has 0 radical (unpaired) electrons. The third-order valence-corrected chi connectivity index (χ3v) is 3.58. The highest BCUT2D eigenvalue weighted by molar-refractivity contribution is 5.90. The Balaban J connectivity index is 1.50. The van der Waals surface area contributed by atoms with Crippen LogP contribution in [0.2, 0.25) is 0 Å². The monoisotopic (exact) mass is 301 g/mol. The van der Waals surface area contributed by atoms with Gasteiger partial charge in [-0.1, -0.05) is 5.16 Å². The molecule has 0 saturated heterocycles. The van der Waals surface area contributed by atoms with Gasteiger partial charge in [0.15, 0.2) is 5.76 Å². The standard InChI is InChI=1S/C15H19N5O2/c1-9-7-18-12(8-17-9)5-6-16-15(21)19-13-10(2)20-22-14(13)11-3-4-11/h7-8,11H,3-6H2,1-2H3,(H2,16,19,21). The Hall–Kier alpha value is -2.44. The van der Waals surface area contributed by atoms with Crippen molar-refractivity contribution >= 4 is 11.7 Å². The fourth-order valence-electron chi connectivity index (χ4n) is 2.17. The minimum absolute atomic E-state index is 0.256. The number of urea groups is 1. The maximum absolute atomic E-state index is 12.0. The van der Waals surface area contributed by atoms with Crippen molar-refractivity contribution in [1.29, 1.82) is 0 Å². The van der Waals surface area contributed by atoms with Gasteiger partial charge in [0.1, 0.15) is 11.4 Å². The predicted octanol–water partition coefficient (Wildman–Crippen LogP) is 2.32. The Morgan fingerprint density at radius 2 is 2.14 bits per heavy atom. The highest BCUT2D eigenvalue weighted by atomic mass is 16.5. The summed E-state index contributed by atoms with van der Waals surface area (Å²) in [5, 5.41) is 9.57. The molecule has 2 aromatic rings. The summed E-state index contributed by atoms with van der Waals surface area (Å²) in [6, 6.07) is -0.256. The number of nitrogens with one attached hydrogen (secondary N) is 2. The molecule has 2 amide bonds. The summed E-state index contributed by atoms with van der Waals surface area (Å²) >= 11 is 0. The molecule has 2 aromatic heterocycles. The van der Waals surface area contributed by atoms with Crippen molar-refractivity contribution in [2.45, 2.75) is 39.0 Å². The van der Waals surface area contributed by atoms with E-state index >= 15 is 0 Å². The first-order chi connectivity index (χ1) is 10.6. The summed E-state index contributed by atoms with van der Waals surface area (Å²) in [6.07, 6.45) is 6.27. The Labute approximate surface area is 128 Å². The van der Waals surface area contributed by atoms with Gasteiger partial charge in [-0.3, -0.25) is 9.97 Å². The molecule has 2 heterocycles. The fourth-order valence-corrected chi connectivity index (χ4v) is 2.17. The second kappa shape index (κ2) is 6.13. The minimum atomic E-state index is -0.256. The highest BCUT2D eigenvalue weighted by Gasteiger charge is 2.32. The van der Waals surface area contributed by atoms with Crippen LogP contribution in [-0.2, 0) is 6.42 Å². The first-order valence-corrected chi connectivity index (χ1v) is 7.42. The van der Waals surface area contributed by atoms with Crippen molar-refractivity contribution in [3.8, 4) is 0 Å². The van der Waals surface area contributed by atoms with Crippen molar-refractivity contribution in [3.05, 3.63) is 35.2 Å². The van der Waals surface area contributed by atoms with Crippen LogP contribution in [0.5, 0.6) is 0 Å². The van der Waals surface area contributed by atoms with Crippen LogP contribution in [0.1, 0.15) is 41.6 Å². The summed E-state index contributed by atoms with van der Waals surface area (Å²) in [4.78, 5) is 20.4. The minimum Gasteiger partial charge on any atom is -0.359 e. The number of nitrogens with zero attached hydrogens (tertiary/aromatic N) is 3. The van der Waals surface area contributed by atoms with Gasteiger partial charge >= 0.3 is 6.03 Å². The summed E-state index contributed by atoms with van der Waals surface area (Å²) in [5.41, 5.74) is 3.15. The van der Waals surface area contributed by atoms with E-state index in [-0.39, 0.29) is 6.03 Å². The van der Waals surface area contributed by atoms with Gasteiger partial charge in [-0.2, -0.15) is 0 Å². The Morgan fingerprint density at radius 3 is 2.82 bits per heavy atom. The van der Waals surface area contributed by atoms with Crippen molar-refractivity contribution in [2.75, 3.05) is 11.9 Å². The van der Waals surface area contributed by atoms with E-state index in [1.165, 1.54) is 0 Å². The van der Waals surface area contributed by atoms with E-state index in [2.05, 4.69) is 25.8 Å². The molecule has 0 unspecified atom stereocenters. The molecule has 0 aliphatic heterocycles. The van der Waals surface area contributed by atoms with Gasteiger partial charge < -0.3 is 15.2 Å². The Bertz CT molecular complexity index is 661. The lowest BCUT2D eigenvalue weighted by atomic mass is 10.2. The second-order valence-corrected chi connectivity index (χ2v) is 5.56. The lowest BCUT2D eigenvalue weighted by Crippen LogP contribution is -2.31. The van der Waals surface area contributed by atoms with Crippen molar-refractivity contribution in [2.24, 2.45) is 0 Å². The maximum Gasteiger partial charge on any atom is 0.319 e. The zero-order valence-corrected chi connectivity index (χ0v) is 12.7. The first-order valence-electron chi connectivity index (χ1n) is 7.42. The van der Waals surface area contributed by atoms with Crippen LogP contribution < -0.4 is 10.6 Å². The summed E-state index contributed by atoms with van der Waals surface area (Å²) < 4.78 is 5.29. The van der Waals surface area contributed by atoms with E-state index in [0.29, 0.717) is 30.3 Å². The van der Waals surface area contributed by atoms with Gasteiger partial charge in [0.25, 0.3) is 0 Å².